The maximum atomic E-state index is 13.0. The molecule has 1 heterocycles. The second-order valence-corrected chi connectivity index (χ2v) is 6.24. The number of esters is 1. The number of carbonyl (C=O) groups excluding carboxylic acids is 2. The molecule has 1 N–H and O–H groups in total. The van der Waals surface area contributed by atoms with Gasteiger partial charge in [0.15, 0.2) is 0 Å². The van der Waals surface area contributed by atoms with Crippen molar-refractivity contribution in [3.05, 3.63) is 35.6 Å². The third-order valence-electron chi connectivity index (χ3n) is 4.47. The Morgan fingerprint density at radius 2 is 2.04 bits per heavy atom. The van der Waals surface area contributed by atoms with Gasteiger partial charge in [0.2, 0.25) is 5.91 Å². The molecule has 0 radical (unpaired) electrons. The minimum Gasteiger partial charge on any atom is -0.469 e. The van der Waals surface area contributed by atoms with Crippen LogP contribution in [0.4, 0.5) is 4.39 Å². The minimum atomic E-state index is -0.295. The molecule has 0 spiro atoms. The van der Waals surface area contributed by atoms with Crippen LogP contribution in [0.25, 0.3) is 0 Å². The summed E-state index contributed by atoms with van der Waals surface area (Å²) in [7, 11) is 1.38. The Hall–Kier alpha value is -1.95. The van der Waals surface area contributed by atoms with Gasteiger partial charge in [-0.05, 0) is 44.0 Å². The highest BCUT2D eigenvalue weighted by atomic mass is 19.1. The Bertz CT molecular complexity index is 562. The first-order valence-electron chi connectivity index (χ1n) is 8.35. The Kier molecular flexibility index (Phi) is 6.73. The van der Waals surface area contributed by atoms with E-state index >= 15 is 0 Å². The number of benzene rings is 1. The number of nitrogens with one attached hydrogen (secondary N) is 1. The summed E-state index contributed by atoms with van der Waals surface area (Å²) in [6, 6.07) is 5.96. The van der Waals surface area contributed by atoms with E-state index in [0.717, 1.165) is 31.4 Å². The van der Waals surface area contributed by atoms with Gasteiger partial charge in [0.05, 0.1) is 26.1 Å². The molecule has 2 rings (SSSR count). The number of methoxy groups -OCH3 is 1. The molecule has 0 saturated carbocycles. The smallest absolute Gasteiger partial charge is 0.307 e. The first kappa shape index (κ1) is 18.4. The van der Waals surface area contributed by atoms with Crippen LogP contribution in [-0.4, -0.2) is 43.0 Å². The fourth-order valence-corrected chi connectivity index (χ4v) is 3.08. The average Bonchev–Trinajstić information content (AvgIpc) is 2.57. The largest absolute Gasteiger partial charge is 0.469 e. The summed E-state index contributed by atoms with van der Waals surface area (Å²) in [6.07, 6.45) is 3.30. The normalized spacial score (nSPS) is 19.5. The van der Waals surface area contributed by atoms with Gasteiger partial charge in [-0.3, -0.25) is 14.5 Å². The lowest BCUT2D eigenvalue weighted by Gasteiger charge is -2.34. The quantitative estimate of drug-likeness (QED) is 0.811. The number of rotatable bonds is 6. The zero-order chi connectivity index (χ0) is 17.5. The molecule has 2 atom stereocenters. The molecular weight excluding hydrogens is 311 g/mol. The molecule has 132 valence electrons. The fraction of sp³-hybridized carbons (Fsp3) is 0.556. The monoisotopic (exact) mass is 336 g/mol. The number of carbonyl (C=O) groups is 2. The predicted octanol–water partition coefficient (Wildman–Crippen LogP) is 2.42. The Labute approximate surface area is 142 Å². The van der Waals surface area contributed by atoms with E-state index in [-0.39, 0.29) is 36.3 Å². The number of amides is 1. The lowest BCUT2D eigenvalue weighted by atomic mass is 9.99. The molecule has 1 fully saturated rings. The first-order chi connectivity index (χ1) is 11.5. The van der Waals surface area contributed by atoms with Gasteiger partial charge in [0.25, 0.3) is 0 Å². The molecule has 1 aromatic carbocycles. The summed E-state index contributed by atoms with van der Waals surface area (Å²) in [5, 5.41) is 2.93. The van der Waals surface area contributed by atoms with Gasteiger partial charge in [0.1, 0.15) is 5.82 Å². The van der Waals surface area contributed by atoms with Crippen LogP contribution < -0.4 is 5.32 Å². The van der Waals surface area contributed by atoms with E-state index in [9.17, 15) is 14.0 Å². The van der Waals surface area contributed by atoms with Crippen LogP contribution in [0, 0.1) is 5.82 Å². The summed E-state index contributed by atoms with van der Waals surface area (Å²) in [6.45, 7) is 2.93. The lowest BCUT2D eigenvalue weighted by Crippen LogP contribution is -2.46. The van der Waals surface area contributed by atoms with Crippen LogP contribution in [0.15, 0.2) is 24.3 Å². The standard InChI is InChI=1S/C18H25FN2O3/c1-13(14-6-8-15(19)9-7-14)20-17(22)12-21-10-4-3-5-16(21)11-18(23)24-2/h6-9,13,16H,3-5,10-12H2,1-2H3,(H,20,22)/t13-,16+/m1/s1. The van der Waals surface area contributed by atoms with Gasteiger partial charge < -0.3 is 10.1 Å². The second kappa shape index (κ2) is 8.78. The molecule has 24 heavy (non-hydrogen) atoms. The van der Waals surface area contributed by atoms with Crippen LogP contribution in [0.3, 0.4) is 0 Å². The van der Waals surface area contributed by atoms with Crippen molar-refractivity contribution in [3.8, 4) is 0 Å². The Morgan fingerprint density at radius 1 is 1.33 bits per heavy atom. The molecule has 1 aliphatic heterocycles. The number of likely N-dealkylation sites (tertiary alicyclic amines) is 1. The first-order valence-corrected chi connectivity index (χ1v) is 8.35. The number of hydrogen-bond donors (Lipinski definition) is 1. The highest BCUT2D eigenvalue weighted by molar-refractivity contribution is 5.78. The van der Waals surface area contributed by atoms with Gasteiger partial charge in [-0.15, -0.1) is 0 Å². The van der Waals surface area contributed by atoms with Crippen molar-refractivity contribution in [1.29, 1.82) is 0 Å². The molecule has 0 bridgehead atoms. The molecule has 6 heteroatoms. The summed E-state index contributed by atoms with van der Waals surface area (Å²) in [5.74, 6) is -0.633. The summed E-state index contributed by atoms with van der Waals surface area (Å²) in [5.41, 5.74) is 0.856. The van der Waals surface area contributed by atoms with E-state index < -0.39 is 0 Å². The van der Waals surface area contributed by atoms with Crippen molar-refractivity contribution in [3.63, 3.8) is 0 Å². The molecule has 5 nitrogen and oxygen atoms in total. The van der Waals surface area contributed by atoms with Crippen LogP contribution in [-0.2, 0) is 14.3 Å². The van der Waals surface area contributed by atoms with Crippen molar-refractivity contribution < 1.29 is 18.7 Å². The van der Waals surface area contributed by atoms with Gasteiger partial charge >= 0.3 is 5.97 Å². The minimum absolute atomic E-state index is 0.0538. The molecule has 1 aliphatic rings. The topological polar surface area (TPSA) is 58.6 Å². The Balaban J connectivity index is 1.89. The van der Waals surface area contributed by atoms with Crippen LogP contribution in [0.5, 0.6) is 0 Å². The molecule has 1 amide bonds. The zero-order valence-corrected chi connectivity index (χ0v) is 14.3. The number of ether oxygens (including phenoxy) is 1. The third kappa shape index (κ3) is 5.30. The van der Waals surface area contributed by atoms with Gasteiger partial charge in [-0.25, -0.2) is 4.39 Å². The number of nitrogens with zero attached hydrogens (tertiary/aromatic N) is 1. The summed E-state index contributed by atoms with van der Waals surface area (Å²) < 4.78 is 17.7. The molecule has 1 aromatic rings. The summed E-state index contributed by atoms with van der Waals surface area (Å²) >= 11 is 0. The van der Waals surface area contributed by atoms with Crippen LogP contribution in [0.1, 0.15) is 44.2 Å². The van der Waals surface area contributed by atoms with Crippen molar-refractivity contribution in [1.82, 2.24) is 10.2 Å². The highest BCUT2D eigenvalue weighted by Crippen LogP contribution is 2.20. The van der Waals surface area contributed by atoms with E-state index in [0.29, 0.717) is 6.42 Å². The molecule has 1 saturated heterocycles. The molecular formula is C18H25FN2O3. The number of piperidine rings is 1. The lowest BCUT2D eigenvalue weighted by molar-refractivity contribution is -0.143. The van der Waals surface area contributed by atoms with Crippen LogP contribution >= 0.6 is 0 Å². The van der Waals surface area contributed by atoms with Crippen molar-refractivity contribution >= 4 is 11.9 Å². The maximum absolute atomic E-state index is 13.0. The highest BCUT2D eigenvalue weighted by Gasteiger charge is 2.27. The summed E-state index contributed by atoms with van der Waals surface area (Å²) in [4.78, 5) is 25.9. The van der Waals surface area contributed by atoms with E-state index in [2.05, 4.69) is 5.32 Å². The van der Waals surface area contributed by atoms with Crippen LogP contribution in [0.2, 0.25) is 0 Å². The fourth-order valence-electron chi connectivity index (χ4n) is 3.08. The van der Waals surface area contributed by atoms with Gasteiger partial charge in [-0.2, -0.15) is 0 Å². The third-order valence-corrected chi connectivity index (χ3v) is 4.47. The number of halogens is 1. The van der Waals surface area contributed by atoms with E-state index in [4.69, 9.17) is 4.74 Å². The molecule has 0 unspecified atom stereocenters. The Morgan fingerprint density at radius 3 is 2.71 bits per heavy atom. The van der Waals surface area contributed by atoms with Gasteiger partial charge in [-0.1, -0.05) is 18.6 Å². The maximum Gasteiger partial charge on any atom is 0.307 e. The van der Waals surface area contributed by atoms with E-state index in [1.54, 1.807) is 12.1 Å². The number of hydrogen-bond acceptors (Lipinski definition) is 4. The van der Waals surface area contributed by atoms with E-state index in [1.807, 2.05) is 11.8 Å². The SMILES string of the molecule is COC(=O)C[C@@H]1CCCCN1CC(=O)N[C@H](C)c1ccc(F)cc1. The molecule has 0 aromatic heterocycles. The van der Waals surface area contributed by atoms with Crippen molar-refractivity contribution in [2.75, 3.05) is 20.2 Å². The van der Waals surface area contributed by atoms with Crippen molar-refractivity contribution in [2.45, 2.75) is 44.7 Å². The predicted molar refractivity (Wildman–Crippen MR) is 88.8 cm³/mol. The molecule has 0 aliphatic carbocycles. The second-order valence-electron chi connectivity index (χ2n) is 6.24. The average molecular weight is 336 g/mol. The van der Waals surface area contributed by atoms with Gasteiger partial charge in [0, 0.05) is 6.04 Å². The van der Waals surface area contributed by atoms with E-state index in [1.165, 1.54) is 19.2 Å². The van der Waals surface area contributed by atoms with Crippen molar-refractivity contribution in [2.24, 2.45) is 0 Å². The zero-order valence-electron chi connectivity index (χ0n) is 14.3.